The number of pyridine rings is 1. The lowest BCUT2D eigenvalue weighted by Gasteiger charge is -2.22. The Morgan fingerprint density at radius 3 is 2.78 bits per heavy atom. The number of alkyl halides is 3. The van der Waals surface area contributed by atoms with Gasteiger partial charge in [-0.1, -0.05) is 11.6 Å². The highest BCUT2D eigenvalue weighted by molar-refractivity contribution is 6.32. The Morgan fingerprint density at radius 2 is 2.17 bits per heavy atom. The fraction of sp³-hybridized carbons (Fsp3) is 0.538. The van der Waals surface area contributed by atoms with Crippen molar-refractivity contribution in [2.45, 2.75) is 12.3 Å². The number of rotatable bonds is 5. The first-order valence-corrected chi connectivity index (χ1v) is 7.19. The molecular formula is C13H15ClF3N3O3. The van der Waals surface area contributed by atoms with Crippen LogP contribution in [0.25, 0.3) is 0 Å². The normalized spacial score (nSPS) is 18.5. The van der Waals surface area contributed by atoms with Crippen molar-refractivity contribution >= 4 is 23.3 Å². The molecule has 2 heterocycles. The van der Waals surface area contributed by atoms with E-state index in [1.165, 1.54) is 0 Å². The molecule has 10 heteroatoms. The van der Waals surface area contributed by atoms with E-state index in [0.717, 1.165) is 6.07 Å². The second-order valence-corrected chi connectivity index (χ2v) is 5.11. The van der Waals surface area contributed by atoms with Crippen molar-refractivity contribution in [3.63, 3.8) is 0 Å². The minimum absolute atomic E-state index is 0.117. The molecule has 1 amide bonds. The van der Waals surface area contributed by atoms with Gasteiger partial charge in [-0.2, -0.15) is 13.2 Å². The number of hydrogen-bond donors (Lipinski definition) is 2. The number of halogens is 4. The molecule has 23 heavy (non-hydrogen) atoms. The van der Waals surface area contributed by atoms with Crippen LogP contribution in [0, 0.1) is 0 Å². The molecule has 1 aromatic heterocycles. The highest BCUT2D eigenvalue weighted by Crippen LogP contribution is 2.32. The van der Waals surface area contributed by atoms with Crippen molar-refractivity contribution in [2.24, 2.45) is 0 Å². The molecule has 0 spiro atoms. The van der Waals surface area contributed by atoms with E-state index in [1.807, 2.05) is 0 Å². The summed E-state index contributed by atoms with van der Waals surface area (Å²) in [5.41, 5.74) is -0.921. The van der Waals surface area contributed by atoms with Gasteiger partial charge in [-0.15, -0.1) is 0 Å². The summed E-state index contributed by atoms with van der Waals surface area (Å²) >= 11 is 5.75. The Balaban J connectivity index is 1.77. The van der Waals surface area contributed by atoms with Crippen LogP contribution in [0.3, 0.4) is 0 Å². The van der Waals surface area contributed by atoms with Crippen LogP contribution in [0.1, 0.15) is 5.56 Å². The van der Waals surface area contributed by atoms with Gasteiger partial charge >= 0.3 is 6.18 Å². The zero-order chi connectivity index (χ0) is 16.9. The zero-order valence-electron chi connectivity index (χ0n) is 12.0. The Hall–Kier alpha value is -1.58. The first-order chi connectivity index (χ1) is 10.9. The minimum Gasteiger partial charge on any atom is -0.376 e. The van der Waals surface area contributed by atoms with E-state index in [-0.39, 0.29) is 36.4 Å². The van der Waals surface area contributed by atoms with Gasteiger partial charge in [0.1, 0.15) is 5.82 Å². The average Bonchev–Trinajstić information content (AvgIpc) is 2.52. The third-order valence-corrected chi connectivity index (χ3v) is 3.28. The number of nitrogens with one attached hydrogen (secondary N) is 2. The molecule has 1 aliphatic rings. The fourth-order valence-electron chi connectivity index (χ4n) is 1.84. The number of nitrogens with zero attached hydrogens (tertiary/aromatic N) is 1. The second kappa shape index (κ2) is 7.80. The highest BCUT2D eigenvalue weighted by atomic mass is 35.5. The minimum atomic E-state index is -4.49. The summed E-state index contributed by atoms with van der Waals surface area (Å²) in [7, 11) is 0. The number of carbonyl (C=O) groups excluding carboxylic acids is 1. The van der Waals surface area contributed by atoms with Crippen molar-refractivity contribution in [1.82, 2.24) is 10.3 Å². The summed E-state index contributed by atoms with van der Waals surface area (Å²) in [6.45, 7) is 1.51. The summed E-state index contributed by atoms with van der Waals surface area (Å²) in [6.07, 6.45) is -4.44. The van der Waals surface area contributed by atoms with Crippen molar-refractivity contribution in [3.8, 4) is 0 Å². The van der Waals surface area contributed by atoms with Gasteiger partial charge in [-0.05, 0) is 6.07 Å². The average molecular weight is 354 g/mol. The van der Waals surface area contributed by atoms with Crippen LogP contribution in [0.2, 0.25) is 5.02 Å². The van der Waals surface area contributed by atoms with Crippen LogP contribution in [0.15, 0.2) is 12.3 Å². The molecule has 0 bridgehead atoms. The third kappa shape index (κ3) is 5.22. The van der Waals surface area contributed by atoms with Crippen LogP contribution in [0.5, 0.6) is 0 Å². The molecule has 6 nitrogen and oxygen atoms in total. The quantitative estimate of drug-likeness (QED) is 0.788. The first kappa shape index (κ1) is 17.8. The van der Waals surface area contributed by atoms with Gasteiger partial charge in [0.25, 0.3) is 5.91 Å². The summed E-state index contributed by atoms with van der Waals surface area (Å²) < 4.78 is 47.8. The molecule has 2 N–H and O–H groups in total. The summed E-state index contributed by atoms with van der Waals surface area (Å²) in [5.74, 6) is -0.191. The number of hydrogen-bond acceptors (Lipinski definition) is 5. The third-order valence-electron chi connectivity index (χ3n) is 2.99. The molecule has 0 unspecified atom stereocenters. The maximum Gasteiger partial charge on any atom is 0.417 e. The maximum atomic E-state index is 12.5. The van der Waals surface area contributed by atoms with Crippen molar-refractivity contribution in [2.75, 3.05) is 38.2 Å². The Morgan fingerprint density at radius 1 is 1.39 bits per heavy atom. The molecule has 0 aliphatic carbocycles. The van der Waals surface area contributed by atoms with E-state index < -0.39 is 17.8 Å². The summed E-state index contributed by atoms with van der Waals surface area (Å²) in [6, 6.07) is 0.794. The molecule has 128 valence electrons. The molecule has 1 aromatic rings. The number of amides is 1. The van der Waals surface area contributed by atoms with E-state index in [2.05, 4.69) is 15.6 Å². The van der Waals surface area contributed by atoms with Crippen molar-refractivity contribution in [1.29, 1.82) is 0 Å². The number of ether oxygens (including phenoxy) is 2. The largest absolute Gasteiger partial charge is 0.417 e. The Kier molecular flexibility index (Phi) is 6.03. The standard InChI is InChI=1S/C13H15ClF3N3O3/c14-9-5-8(13(15,16)17)6-20-11(9)18-1-2-19-12(21)10-7-22-3-4-23-10/h5-6,10H,1-4,7H2,(H,18,20)(H,19,21)/t10-/m0/s1. The summed E-state index contributed by atoms with van der Waals surface area (Å²) in [5, 5.41) is 5.23. The van der Waals surface area contributed by atoms with E-state index >= 15 is 0 Å². The first-order valence-electron chi connectivity index (χ1n) is 6.81. The second-order valence-electron chi connectivity index (χ2n) is 4.70. The molecule has 0 radical (unpaired) electrons. The van der Waals surface area contributed by atoms with Crippen LogP contribution in [0.4, 0.5) is 19.0 Å². The van der Waals surface area contributed by atoms with Gasteiger partial charge in [0.2, 0.25) is 0 Å². The molecule has 1 fully saturated rings. The topological polar surface area (TPSA) is 72.5 Å². The smallest absolute Gasteiger partial charge is 0.376 e. The highest BCUT2D eigenvalue weighted by Gasteiger charge is 2.31. The maximum absolute atomic E-state index is 12.5. The lowest BCUT2D eigenvalue weighted by molar-refractivity contribution is -0.147. The Labute approximate surface area is 135 Å². The SMILES string of the molecule is O=C(NCCNc1ncc(C(F)(F)F)cc1Cl)[C@@H]1COCCO1. The molecular weight excluding hydrogens is 339 g/mol. The number of carbonyl (C=O) groups is 1. The van der Waals surface area contributed by atoms with Gasteiger partial charge in [0.15, 0.2) is 6.10 Å². The lowest BCUT2D eigenvalue weighted by atomic mass is 10.3. The van der Waals surface area contributed by atoms with Gasteiger partial charge in [-0.25, -0.2) is 4.98 Å². The van der Waals surface area contributed by atoms with E-state index in [9.17, 15) is 18.0 Å². The van der Waals surface area contributed by atoms with Crippen LogP contribution in [-0.2, 0) is 20.4 Å². The fourth-order valence-corrected chi connectivity index (χ4v) is 2.08. The van der Waals surface area contributed by atoms with E-state index in [0.29, 0.717) is 19.4 Å². The van der Waals surface area contributed by atoms with Gasteiger partial charge in [0, 0.05) is 19.3 Å². The van der Waals surface area contributed by atoms with Crippen LogP contribution in [-0.4, -0.2) is 49.9 Å². The van der Waals surface area contributed by atoms with Gasteiger partial charge < -0.3 is 20.1 Å². The van der Waals surface area contributed by atoms with E-state index in [4.69, 9.17) is 21.1 Å². The van der Waals surface area contributed by atoms with Crippen molar-refractivity contribution in [3.05, 3.63) is 22.8 Å². The molecule has 2 rings (SSSR count). The van der Waals surface area contributed by atoms with E-state index in [1.54, 1.807) is 0 Å². The zero-order valence-corrected chi connectivity index (χ0v) is 12.7. The molecule has 1 atom stereocenters. The molecule has 1 aliphatic heterocycles. The predicted octanol–water partition coefficient (Wildman–Crippen LogP) is 1.70. The van der Waals surface area contributed by atoms with Crippen LogP contribution < -0.4 is 10.6 Å². The monoisotopic (exact) mass is 353 g/mol. The van der Waals surface area contributed by atoms with Crippen molar-refractivity contribution < 1.29 is 27.4 Å². The van der Waals surface area contributed by atoms with Crippen LogP contribution >= 0.6 is 11.6 Å². The summed E-state index contributed by atoms with van der Waals surface area (Å²) in [4.78, 5) is 15.4. The van der Waals surface area contributed by atoms with Gasteiger partial charge in [-0.3, -0.25) is 4.79 Å². The number of aromatic nitrogens is 1. The molecule has 0 saturated carbocycles. The number of anilines is 1. The lowest BCUT2D eigenvalue weighted by Crippen LogP contribution is -2.44. The Bertz CT molecular complexity index is 551. The molecule has 1 saturated heterocycles. The predicted molar refractivity (Wildman–Crippen MR) is 76.3 cm³/mol. The molecule has 0 aromatic carbocycles. The van der Waals surface area contributed by atoms with Gasteiger partial charge in [0.05, 0.1) is 30.4 Å².